The predicted molar refractivity (Wildman–Crippen MR) is 150 cm³/mol. The van der Waals surface area contributed by atoms with Crippen molar-refractivity contribution >= 4 is 34.4 Å². The Morgan fingerprint density at radius 1 is 1.03 bits per heavy atom. The summed E-state index contributed by atoms with van der Waals surface area (Å²) in [6, 6.07) is 15.8. The SMILES string of the molecule is COc1cc(C2C(C(=O)c3sc(-c4ccccc4)nc3C)=C(O)C(=O)N2Cc2cccs2)cc(OC)c1OC. The molecule has 0 spiro atoms. The van der Waals surface area contributed by atoms with E-state index >= 15 is 0 Å². The smallest absolute Gasteiger partial charge is 0.290 e. The lowest BCUT2D eigenvalue weighted by molar-refractivity contribution is -0.130. The normalized spacial score (nSPS) is 15.1. The van der Waals surface area contributed by atoms with E-state index in [0.717, 1.165) is 10.4 Å². The Morgan fingerprint density at radius 2 is 1.72 bits per heavy atom. The van der Waals surface area contributed by atoms with Crippen LogP contribution in [0.15, 0.2) is 71.3 Å². The first kappa shape index (κ1) is 26.5. The quantitative estimate of drug-likeness (QED) is 0.251. The lowest BCUT2D eigenvalue weighted by atomic mass is 9.94. The molecule has 0 aliphatic carbocycles. The Labute approximate surface area is 233 Å². The van der Waals surface area contributed by atoms with Gasteiger partial charge in [0.2, 0.25) is 11.5 Å². The van der Waals surface area contributed by atoms with Crippen molar-refractivity contribution in [3.05, 3.63) is 92.3 Å². The number of rotatable bonds is 9. The van der Waals surface area contributed by atoms with Crippen LogP contribution in [0.4, 0.5) is 0 Å². The number of aryl methyl sites for hydroxylation is 1. The standard InChI is InChI=1S/C29H26N2O6S2/c1-16-27(39-28(30-16)17-9-6-5-7-10-17)24(32)22-23(18-13-20(35-2)26(37-4)21(14-18)36-3)31(29(34)25(22)33)15-19-11-8-12-38-19/h5-14,23,33H,15H2,1-4H3. The summed E-state index contributed by atoms with van der Waals surface area (Å²) in [5, 5.41) is 13.7. The molecule has 0 bridgehead atoms. The summed E-state index contributed by atoms with van der Waals surface area (Å²) in [6.45, 7) is 1.96. The molecule has 200 valence electrons. The predicted octanol–water partition coefficient (Wildman–Crippen LogP) is 5.98. The van der Waals surface area contributed by atoms with Crippen LogP contribution in [0.1, 0.15) is 31.8 Å². The maximum atomic E-state index is 14.1. The lowest BCUT2D eigenvalue weighted by Crippen LogP contribution is -2.30. The van der Waals surface area contributed by atoms with Crippen LogP contribution in [0, 0.1) is 6.92 Å². The van der Waals surface area contributed by atoms with Crippen LogP contribution in [0.3, 0.4) is 0 Å². The van der Waals surface area contributed by atoms with Crippen molar-refractivity contribution in [1.82, 2.24) is 9.88 Å². The molecular formula is C29H26N2O6S2. The summed E-state index contributed by atoms with van der Waals surface area (Å²) in [5.41, 5.74) is 1.92. The Morgan fingerprint density at radius 3 is 2.31 bits per heavy atom. The zero-order valence-corrected chi connectivity index (χ0v) is 23.4. The molecule has 2 aromatic carbocycles. The fraction of sp³-hybridized carbons (Fsp3) is 0.207. The number of benzene rings is 2. The highest BCUT2D eigenvalue weighted by molar-refractivity contribution is 7.17. The number of aromatic nitrogens is 1. The van der Waals surface area contributed by atoms with E-state index in [9.17, 15) is 14.7 Å². The van der Waals surface area contributed by atoms with Crippen molar-refractivity contribution in [2.75, 3.05) is 21.3 Å². The summed E-state index contributed by atoms with van der Waals surface area (Å²) in [6.07, 6.45) is 0. The van der Waals surface area contributed by atoms with E-state index in [-0.39, 0.29) is 12.1 Å². The first-order chi connectivity index (χ1) is 18.9. The molecule has 1 N–H and O–H groups in total. The Hall–Kier alpha value is -4.15. The second-order valence-corrected chi connectivity index (χ2v) is 10.8. The highest BCUT2D eigenvalue weighted by Crippen LogP contribution is 2.46. The number of hydrogen-bond donors (Lipinski definition) is 1. The molecule has 0 radical (unpaired) electrons. The fourth-order valence-electron chi connectivity index (χ4n) is 4.66. The van der Waals surface area contributed by atoms with Gasteiger partial charge in [0.25, 0.3) is 5.91 Å². The van der Waals surface area contributed by atoms with Gasteiger partial charge in [-0.3, -0.25) is 9.59 Å². The van der Waals surface area contributed by atoms with Crippen molar-refractivity contribution in [2.24, 2.45) is 0 Å². The number of hydrogen-bond acceptors (Lipinski definition) is 9. The number of methoxy groups -OCH3 is 3. The third kappa shape index (κ3) is 4.77. The molecule has 8 nitrogen and oxygen atoms in total. The van der Waals surface area contributed by atoms with Gasteiger partial charge in [0.05, 0.1) is 50.1 Å². The molecule has 39 heavy (non-hydrogen) atoms. The monoisotopic (exact) mass is 562 g/mol. The van der Waals surface area contributed by atoms with E-state index in [4.69, 9.17) is 14.2 Å². The van der Waals surface area contributed by atoms with Crippen molar-refractivity contribution in [3.63, 3.8) is 0 Å². The molecular weight excluding hydrogens is 536 g/mol. The van der Waals surface area contributed by atoms with E-state index in [2.05, 4.69) is 4.98 Å². The van der Waals surface area contributed by atoms with Gasteiger partial charge in [0.1, 0.15) is 5.01 Å². The van der Waals surface area contributed by atoms with E-state index in [0.29, 0.717) is 38.4 Å². The van der Waals surface area contributed by atoms with Crippen LogP contribution < -0.4 is 14.2 Å². The zero-order valence-electron chi connectivity index (χ0n) is 21.8. The molecule has 1 amide bonds. The van der Waals surface area contributed by atoms with Crippen LogP contribution in [0.5, 0.6) is 17.2 Å². The topological polar surface area (TPSA) is 98.2 Å². The number of ketones is 1. The number of thiazole rings is 1. The second-order valence-electron chi connectivity index (χ2n) is 8.76. The van der Waals surface area contributed by atoms with E-state index in [1.165, 1.54) is 48.9 Å². The van der Waals surface area contributed by atoms with Gasteiger partial charge in [-0.05, 0) is 36.1 Å². The van der Waals surface area contributed by atoms with Crippen LogP contribution in [-0.4, -0.2) is 48.0 Å². The Balaban J connectivity index is 1.65. The van der Waals surface area contributed by atoms with Gasteiger partial charge in [0, 0.05) is 10.4 Å². The molecule has 1 aliphatic rings. The first-order valence-corrected chi connectivity index (χ1v) is 13.7. The first-order valence-electron chi connectivity index (χ1n) is 12.0. The minimum absolute atomic E-state index is 0.0165. The molecule has 5 rings (SSSR count). The molecule has 1 atom stereocenters. The third-order valence-corrected chi connectivity index (χ3v) is 8.55. The molecule has 4 aromatic rings. The summed E-state index contributed by atoms with van der Waals surface area (Å²) >= 11 is 2.72. The number of carbonyl (C=O) groups is 2. The van der Waals surface area contributed by atoms with Crippen molar-refractivity contribution < 1.29 is 28.9 Å². The van der Waals surface area contributed by atoms with Crippen molar-refractivity contribution in [3.8, 4) is 27.8 Å². The molecule has 0 saturated heterocycles. The Kier molecular flexibility index (Phi) is 7.40. The number of carbonyl (C=O) groups excluding carboxylic acids is 2. The minimum atomic E-state index is -0.900. The van der Waals surface area contributed by atoms with Crippen molar-refractivity contribution in [2.45, 2.75) is 19.5 Å². The largest absolute Gasteiger partial charge is 0.503 e. The maximum absolute atomic E-state index is 14.1. The highest BCUT2D eigenvalue weighted by atomic mass is 32.1. The van der Waals surface area contributed by atoms with Crippen LogP contribution >= 0.6 is 22.7 Å². The van der Waals surface area contributed by atoms with E-state index < -0.39 is 23.5 Å². The fourth-order valence-corrected chi connectivity index (χ4v) is 6.39. The summed E-state index contributed by atoms with van der Waals surface area (Å²) in [4.78, 5) is 35.0. The van der Waals surface area contributed by atoms with Gasteiger partial charge in [-0.15, -0.1) is 22.7 Å². The molecule has 0 fully saturated rings. The van der Waals surface area contributed by atoms with Gasteiger partial charge in [-0.2, -0.15) is 0 Å². The zero-order chi connectivity index (χ0) is 27.7. The number of amides is 1. The number of nitrogens with zero attached hydrogens (tertiary/aromatic N) is 2. The van der Waals surface area contributed by atoms with Crippen molar-refractivity contribution in [1.29, 1.82) is 0 Å². The maximum Gasteiger partial charge on any atom is 0.290 e. The average Bonchev–Trinajstić information content (AvgIpc) is 3.68. The van der Waals surface area contributed by atoms with Crippen LogP contribution in [0.25, 0.3) is 10.6 Å². The van der Waals surface area contributed by atoms with Gasteiger partial charge in [-0.25, -0.2) is 4.98 Å². The number of Topliss-reactive ketones (excluding diaryl/α,β-unsaturated/α-hetero) is 1. The molecule has 3 heterocycles. The minimum Gasteiger partial charge on any atom is -0.503 e. The summed E-state index contributed by atoms with van der Waals surface area (Å²) in [7, 11) is 4.49. The molecule has 0 saturated carbocycles. The van der Waals surface area contributed by atoms with E-state index in [1.807, 2.05) is 47.8 Å². The number of aliphatic hydroxyl groups excluding tert-OH is 1. The van der Waals surface area contributed by atoms with E-state index in [1.54, 1.807) is 19.1 Å². The second kappa shape index (κ2) is 10.9. The van der Waals surface area contributed by atoms with Gasteiger partial charge in [-0.1, -0.05) is 36.4 Å². The van der Waals surface area contributed by atoms with Gasteiger partial charge >= 0.3 is 0 Å². The Bertz CT molecular complexity index is 1530. The van der Waals surface area contributed by atoms with Gasteiger partial charge < -0.3 is 24.2 Å². The summed E-state index contributed by atoms with van der Waals surface area (Å²) < 4.78 is 16.6. The lowest BCUT2D eigenvalue weighted by Gasteiger charge is -2.27. The molecule has 1 aliphatic heterocycles. The molecule has 1 unspecified atom stereocenters. The highest BCUT2D eigenvalue weighted by Gasteiger charge is 2.45. The number of aliphatic hydroxyl groups is 1. The van der Waals surface area contributed by atoms with Crippen LogP contribution in [-0.2, 0) is 11.3 Å². The van der Waals surface area contributed by atoms with Crippen LogP contribution in [0.2, 0.25) is 0 Å². The average molecular weight is 563 g/mol. The number of thiophene rings is 1. The molecule has 2 aromatic heterocycles. The third-order valence-electron chi connectivity index (χ3n) is 6.48. The number of ether oxygens (including phenoxy) is 3. The summed E-state index contributed by atoms with van der Waals surface area (Å²) in [5.74, 6) is -0.543. The van der Waals surface area contributed by atoms with Gasteiger partial charge in [0.15, 0.2) is 17.3 Å². The molecule has 10 heteroatoms.